The summed E-state index contributed by atoms with van der Waals surface area (Å²) in [4.78, 5) is 40.0. The number of benzene rings is 2. The summed E-state index contributed by atoms with van der Waals surface area (Å²) in [5.74, 6) is -1.49. The Labute approximate surface area is 232 Å². The molecule has 0 fully saturated rings. The molecule has 2 amide bonds. The molecule has 3 rings (SSSR count). The second kappa shape index (κ2) is 15.0. The maximum absolute atomic E-state index is 13.2. The van der Waals surface area contributed by atoms with E-state index in [9.17, 15) is 23.9 Å². The number of carboxylic acid groups (broad SMARTS) is 1. The number of rotatable bonds is 12. The minimum absolute atomic E-state index is 0. The van der Waals surface area contributed by atoms with E-state index in [1.54, 1.807) is 36.5 Å². The number of carbonyl (C=O) groups excluding carboxylic acids is 2. The van der Waals surface area contributed by atoms with Gasteiger partial charge in [0.05, 0.1) is 19.0 Å². The molecule has 0 aliphatic carbocycles. The Morgan fingerprint density at radius 2 is 1.75 bits per heavy atom. The summed E-state index contributed by atoms with van der Waals surface area (Å²) >= 11 is 0. The van der Waals surface area contributed by atoms with Crippen LogP contribution < -0.4 is 45.5 Å². The smallest absolute Gasteiger partial charge is 1.00 e. The van der Waals surface area contributed by atoms with E-state index >= 15 is 0 Å². The van der Waals surface area contributed by atoms with Crippen LogP contribution in [0.25, 0.3) is 11.1 Å². The summed E-state index contributed by atoms with van der Waals surface area (Å²) in [6, 6.07) is 17.7. The van der Waals surface area contributed by atoms with Crippen molar-refractivity contribution < 1.29 is 54.9 Å². The molecule has 0 aliphatic heterocycles. The van der Waals surface area contributed by atoms with E-state index in [2.05, 4.69) is 20.9 Å². The number of nitrogens with zero attached hydrogens (tertiary/aromatic N) is 1. The van der Waals surface area contributed by atoms with Gasteiger partial charge < -0.3 is 22.5 Å². The molecule has 8 nitrogen and oxygen atoms in total. The monoisotopic (exact) mass is 502 g/mol. The topological polar surface area (TPSA) is 120 Å². The number of carboxylic acids is 1. The number of nitrogens with one attached hydrogen (secondary N) is 3. The molecular weight excluding hydrogens is 474 g/mol. The zero-order chi connectivity index (χ0) is 25.0. The molecule has 0 spiro atoms. The van der Waals surface area contributed by atoms with Crippen LogP contribution in [0.15, 0.2) is 72.9 Å². The van der Waals surface area contributed by atoms with Crippen molar-refractivity contribution >= 4 is 23.6 Å². The summed E-state index contributed by atoms with van der Waals surface area (Å²) in [5.41, 5.74) is 2.12. The van der Waals surface area contributed by atoms with Gasteiger partial charge in [0.25, 0.3) is 0 Å². The van der Waals surface area contributed by atoms with Crippen molar-refractivity contribution in [1.29, 1.82) is 0 Å². The molecule has 0 saturated heterocycles. The third-order valence-electron chi connectivity index (χ3n) is 5.18. The van der Waals surface area contributed by atoms with Crippen molar-refractivity contribution in [2.24, 2.45) is 0 Å². The molecule has 1 heterocycles. The van der Waals surface area contributed by atoms with Crippen LogP contribution in [0, 0.1) is 5.82 Å². The molecule has 10 heteroatoms. The van der Waals surface area contributed by atoms with Crippen molar-refractivity contribution in [3.05, 3.63) is 84.3 Å². The number of hydrogen-bond acceptors (Lipinski definition) is 5. The first-order valence-corrected chi connectivity index (χ1v) is 11.2. The molecule has 1 unspecified atom stereocenters. The van der Waals surface area contributed by atoms with Crippen molar-refractivity contribution in [2.45, 2.75) is 25.3 Å². The fraction of sp³-hybridized carbons (Fsp3) is 0.231. The van der Waals surface area contributed by atoms with E-state index in [1.165, 1.54) is 12.1 Å². The van der Waals surface area contributed by atoms with Gasteiger partial charge in [0, 0.05) is 19.2 Å². The van der Waals surface area contributed by atoms with E-state index in [0.29, 0.717) is 18.5 Å². The summed E-state index contributed by atoms with van der Waals surface area (Å²) in [6.07, 6.45) is 2.13. The molecule has 1 atom stereocenters. The first-order valence-electron chi connectivity index (χ1n) is 11.2. The Bertz CT molecular complexity index is 1150. The van der Waals surface area contributed by atoms with Gasteiger partial charge in [-0.05, 0) is 53.4 Å². The molecule has 184 valence electrons. The van der Waals surface area contributed by atoms with Crippen LogP contribution in [0.5, 0.6) is 0 Å². The zero-order valence-corrected chi connectivity index (χ0v) is 22.0. The van der Waals surface area contributed by atoms with Crippen molar-refractivity contribution in [1.82, 2.24) is 15.6 Å². The average molecular weight is 503 g/mol. The summed E-state index contributed by atoms with van der Waals surface area (Å²) in [5, 5.41) is 17.7. The molecule has 0 aliphatic rings. The van der Waals surface area contributed by atoms with Crippen LogP contribution in [0.3, 0.4) is 0 Å². The first kappa shape index (κ1) is 29.0. The van der Waals surface area contributed by atoms with Gasteiger partial charge in [0.1, 0.15) is 11.6 Å². The Hall–Kier alpha value is -3.27. The predicted octanol–water partition coefficient (Wildman–Crippen LogP) is 0.645. The van der Waals surface area contributed by atoms with E-state index in [4.69, 9.17) is 0 Å². The largest absolute Gasteiger partial charge is 1.00 e. The van der Waals surface area contributed by atoms with Gasteiger partial charge in [0.15, 0.2) is 0 Å². The van der Waals surface area contributed by atoms with Gasteiger partial charge in [-0.25, -0.2) is 9.37 Å². The average Bonchev–Trinajstić information content (AvgIpc) is 2.86. The number of anilines is 1. The molecule has 0 saturated carbocycles. The molecule has 36 heavy (non-hydrogen) atoms. The summed E-state index contributed by atoms with van der Waals surface area (Å²) in [6.45, 7) is 0.294. The second-order valence-electron chi connectivity index (χ2n) is 7.87. The number of carbonyl (C=O) groups is 3. The molecule has 4 N–H and O–H groups in total. The Balaban J connectivity index is 0.00000342. The maximum Gasteiger partial charge on any atom is 1.00 e. The van der Waals surface area contributed by atoms with E-state index in [0.717, 1.165) is 16.9 Å². The van der Waals surface area contributed by atoms with Gasteiger partial charge in [0.2, 0.25) is 11.8 Å². The van der Waals surface area contributed by atoms with Gasteiger partial charge in [-0.15, -0.1) is 0 Å². The quantitative estimate of drug-likeness (QED) is 0.213. The fourth-order valence-electron chi connectivity index (χ4n) is 3.45. The third kappa shape index (κ3) is 9.77. The number of pyridine rings is 1. The Kier molecular flexibility index (Phi) is 12.0. The minimum atomic E-state index is -1.08. The van der Waals surface area contributed by atoms with Crippen LogP contribution in [-0.2, 0) is 14.4 Å². The standard InChI is InChI=1S/C26H27FN4O4.Na.H/c27-21-11-9-18(10-12-21)19-5-3-6-20(15-19)22(16-26(34)35)31-25(33)17-30-24(32)8-4-14-29-23-7-1-2-13-28-23;;/h1-3,5-7,9-13,15,22H,4,8,14,16-17H2,(H,28,29)(H,30,32)(H,31,33)(H,34,35);;/q;+1;-1. The van der Waals surface area contributed by atoms with Gasteiger partial charge in [-0.1, -0.05) is 36.4 Å². The summed E-state index contributed by atoms with van der Waals surface area (Å²) in [7, 11) is 0. The van der Waals surface area contributed by atoms with Crippen molar-refractivity contribution in [3.63, 3.8) is 0 Å². The Morgan fingerprint density at radius 1 is 0.972 bits per heavy atom. The predicted molar refractivity (Wildman–Crippen MR) is 131 cm³/mol. The number of amides is 2. The van der Waals surface area contributed by atoms with Crippen LogP contribution in [-0.4, -0.2) is 41.0 Å². The van der Waals surface area contributed by atoms with Crippen molar-refractivity contribution in [2.75, 3.05) is 18.4 Å². The fourth-order valence-corrected chi connectivity index (χ4v) is 3.45. The van der Waals surface area contributed by atoms with Gasteiger partial charge in [-0.3, -0.25) is 14.4 Å². The molecular formula is C26H28FN4NaO4. The molecule has 1 aromatic heterocycles. The molecule has 3 aromatic rings. The number of aliphatic carboxylic acids is 1. The van der Waals surface area contributed by atoms with Gasteiger partial charge in [-0.2, -0.15) is 0 Å². The number of aromatic nitrogens is 1. The SMILES string of the molecule is O=C(O)CC(NC(=O)CNC(=O)CCCNc1ccccn1)c1cccc(-c2ccc(F)cc2)c1.[H-].[Na+]. The number of hydrogen-bond donors (Lipinski definition) is 4. The number of halogens is 1. The normalized spacial score (nSPS) is 11.0. The second-order valence-corrected chi connectivity index (χ2v) is 7.87. The van der Waals surface area contributed by atoms with Crippen molar-refractivity contribution in [3.8, 4) is 11.1 Å². The molecule has 0 bridgehead atoms. The van der Waals surface area contributed by atoms with E-state index < -0.39 is 17.9 Å². The van der Waals surface area contributed by atoms with Crippen LogP contribution >= 0.6 is 0 Å². The van der Waals surface area contributed by atoms with E-state index in [-0.39, 0.29) is 62.1 Å². The summed E-state index contributed by atoms with van der Waals surface area (Å²) < 4.78 is 13.2. The van der Waals surface area contributed by atoms with Gasteiger partial charge >= 0.3 is 35.5 Å². The van der Waals surface area contributed by atoms with Crippen LogP contribution in [0.1, 0.15) is 32.3 Å². The van der Waals surface area contributed by atoms with E-state index in [1.807, 2.05) is 24.3 Å². The Morgan fingerprint density at radius 3 is 2.44 bits per heavy atom. The van der Waals surface area contributed by atoms with Crippen LogP contribution in [0.2, 0.25) is 0 Å². The molecule has 2 aromatic carbocycles. The molecule has 0 radical (unpaired) electrons. The third-order valence-corrected chi connectivity index (χ3v) is 5.18. The van der Waals surface area contributed by atoms with Crippen LogP contribution in [0.4, 0.5) is 10.2 Å². The first-order chi connectivity index (χ1) is 16.9. The minimum Gasteiger partial charge on any atom is -1.00 e. The maximum atomic E-state index is 13.2. The zero-order valence-electron chi connectivity index (χ0n) is 21.0.